The van der Waals surface area contributed by atoms with Crippen molar-refractivity contribution in [2.75, 3.05) is 0 Å². The Bertz CT molecular complexity index is 258. The van der Waals surface area contributed by atoms with Crippen LogP contribution in [0.4, 0.5) is 4.39 Å². The van der Waals surface area contributed by atoms with Crippen LogP contribution >= 0.6 is 0 Å². The van der Waals surface area contributed by atoms with Gasteiger partial charge >= 0.3 is 78.8 Å². The second kappa shape index (κ2) is 3.77. The first kappa shape index (κ1) is 8.60. The second-order valence-corrected chi connectivity index (χ2v) is 2.60. The van der Waals surface area contributed by atoms with Crippen LogP contribution in [0, 0.1) is 5.82 Å². The molecule has 0 aromatic heterocycles. The van der Waals surface area contributed by atoms with Crippen LogP contribution in [-0.2, 0) is 2.81 Å². The Balaban J connectivity index is 2.90. The monoisotopic (exact) mass is 348 g/mol. The van der Waals surface area contributed by atoms with Crippen LogP contribution in [0.5, 0.6) is 0 Å². The maximum absolute atomic E-state index is 12.3. The van der Waals surface area contributed by atoms with Crippen molar-refractivity contribution in [3.63, 3.8) is 0 Å². The van der Waals surface area contributed by atoms with Crippen LogP contribution in [-0.4, -0.2) is 31.1 Å². The standard InChI is InChI=1S/C7H5FO2.Bi/c8-6-3-1-5(2-4-6)7(9)10;/h1-4H,(H,9,10);/q;+1/p-1. The third-order valence-corrected chi connectivity index (χ3v) is 1.81. The molecular weight excluding hydrogens is 344 g/mol. The summed E-state index contributed by atoms with van der Waals surface area (Å²) in [6.45, 7) is 0. The van der Waals surface area contributed by atoms with Crippen molar-refractivity contribution < 1.29 is 12.0 Å². The van der Waals surface area contributed by atoms with Crippen molar-refractivity contribution in [3.05, 3.63) is 35.6 Å². The molecule has 0 N–H and O–H groups in total. The molecule has 1 aromatic carbocycles. The molecule has 2 nitrogen and oxygen atoms in total. The summed E-state index contributed by atoms with van der Waals surface area (Å²) in [7, 11) is 0. The van der Waals surface area contributed by atoms with E-state index in [0.29, 0.717) is 30.7 Å². The number of hydrogen-bond acceptors (Lipinski definition) is 2. The fourth-order valence-corrected chi connectivity index (χ4v) is 1.05. The van der Waals surface area contributed by atoms with Gasteiger partial charge in [-0.15, -0.1) is 0 Å². The van der Waals surface area contributed by atoms with Gasteiger partial charge in [0.1, 0.15) is 0 Å². The molecule has 0 amide bonds. The second-order valence-electron chi connectivity index (χ2n) is 1.89. The molecule has 0 aliphatic heterocycles. The van der Waals surface area contributed by atoms with E-state index in [0.717, 1.165) is 0 Å². The van der Waals surface area contributed by atoms with Gasteiger partial charge < -0.3 is 0 Å². The number of benzene rings is 1. The van der Waals surface area contributed by atoms with Gasteiger partial charge in [0.2, 0.25) is 0 Å². The Kier molecular flexibility index (Phi) is 2.95. The summed E-state index contributed by atoms with van der Waals surface area (Å²) in [4.78, 5) is 10.8. The van der Waals surface area contributed by atoms with Crippen LogP contribution in [0.15, 0.2) is 24.3 Å². The van der Waals surface area contributed by atoms with Crippen molar-refractivity contribution in [1.29, 1.82) is 0 Å². The first-order valence-corrected chi connectivity index (χ1v) is 4.27. The molecule has 0 aliphatic carbocycles. The minimum absolute atomic E-state index is 0.354. The Hall–Kier alpha value is -0.497. The molecule has 0 bridgehead atoms. The molecular formula is C7H4BiFO2. The van der Waals surface area contributed by atoms with E-state index >= 15 is 0 Å². The zero-order chi connectivity index (χ0) is 8.27. The molecule has 1 aromatic rings. The normalized spacial score (nSPS) is 9.27. The quantitative estimate of drug-likeness (QED) is 0.710. The topological polar surface area (TPSA) is 26.3 Å². The number of carbonyl (C=O) groups excluding carboxylic acids is 1. The van der Waals surface area contributed by atoms with Gasteiger partial charge in [0.15, 0.2) is 0 Å². The average molecular weight is 348 g/mol. The van der Waals surface area contributed by atoms with E-state index in [9.17, 15) is 9.18 Å². The van der Waals surface area contributed by atoms with E-state index in [2.05, 4.69) is 2.81 Å². The number of hydrogen-bond donors (Lipinski definition) is 0. The van der Waals surface area contributed by atoms with E-state index in [-0.39, 0.29) is 5.82 Å². The minimum atomic E-state index is -0.404. The Labute approximate surface area is 78.8 Å². The molecule has 0 fully saturated rings. The summed E-state index contributed by atoms with van der Waals surface area (Å²) in [5, 5.41) is 0. The molecule has 0 saturated carbocycles. The van der Waals surface area contributed by atoms with Crippen molar-refractivity contribution in [1.82, 2.24) is 0 Å². The number of carbonyl (C=O) groups is 1. The summed E-state index contributed by atoms with van der Waals surface area (Å²) in [6.07, 6.45) is 0. The van der Waals surface area contributed by atoms with E-state index in [1.165, 1.54) is 24.3 Å². The van der Waals surface area contributed by atoms with E-state index < -0.39 is 5.97 Å². The maximum atomic E-state index is 12.3. The Morgan fingerprint density at radius 2 is 1.91 bits per heavy atom. The van der Waals surface area contributed by atoms with Crippen LogP contribution in [0.25, 0.3) is 0 Å². The molecule has 11 heavy (non-hydrogen) atoms. The fourth-order valence-electron chi connectivity index (χ4n) is 0.639. The van der Waals surface area contributed by atoms with Gasteiger partial charge in [-0.3, -0.25) is 0 Å². The molecule has 0 spiro atoms. The SMILES string of the molecule is O=C([O][Bi])c1ccc(F)cc1. The molecule has 56 valence electrons. The van der Waals surface area contributed by atoms with E-state index in [1.54, 1.807) is 0 Å². The first-order chi connectivity index (χ1) is 5.24. The molecule has 0 aliphatic rings. The van der Waals surface area contributed by atoms with Crippen molar-refractivity contribution in [2.24, 2.45) is 0 Å². The first-order valence-electron chi connectivity index (χ1n) is 2.85. The van der Waals surface area contributed by atoms with Crippen LogP contribution < -0.4 is 0 Å². The summed E-state index contributed by atoms with van der Waals surface area (Å²) < 4.78 is 16.8. The van der Waals surface area contributed by atoms with E-state index in [1.807, 2.05) is 0 Å². The molecule has 1 rings (SSSR count). The van der Waals surface area contributed by atoms with Crippen LogP contribution in [0.2, 0.25) is 0 Å². The van der Waals surface area contributed by atoms with Crippen molar-refractivity contribution in [2.45, 2.75) is 0 Å². The fraction of sp³-hybridized carbons (Fsp3) is 0. The van der Waals surface area contributed by atoms with Crippen molar-refractivity contribution >= 4 is 31.1 Å². The molecule has 4 heteroatoms. The summed E-state index contributed by atoms with van der Waals surface area (Å²) in [5.74, 6) is -0.759. The zero-order valence-electron chi connectivity index (χ0n) is 5.45. The van der Waals surface area contributed by atoms with Gasteiger partial charge in [0, 0.05) is 0 Å². The summed E-state index contributed by atoms with van der Waals surface area (Å²) >= 11 is 0.547. The Morgan fingerprint density at radius 1 is 1.36 bits per heavy atom. The van der Waals surface area contributed by atoms with Crippen LogP contribution in [0.3, 0.4) is 0 Å². The van der Waals surface area contributed by atoms with Gasteiger partial charge in [-0.25, -0.2) is 0 Å². The summed E-state index contributed by atoms with van der Waals surface area (Å²) in [6, 6.07) is 5.24. The van der Waals surface area contributed by atoms with Gasteiger partial charge in [-0.05, 0) is 0 Å². The van der Waals surface area contributed by atoms with Crippen LogP contribution in [0.1, 0.15) is 10.4 Å². The van der Waals surface area contributed by atoms with Gasteiger partial charge in [0.25, 0.3) is 0 Å². The van der Waals surface area contributed by atoms with E-state index in [4.69, 9.17) is 0 Å². The predicted octanol–water partition coefficient (Wildman–Crippen LogP) is 1.07. The Morgan fingerprint density at radius 3 is 2.36 bits per heavy atom. The predicted molar refractivity (Wildman–Crippen MR) is 37.6 cm³/mol. The summed E-state index contributed by atoms with van der Waals surface area (Å²) in [5.41, 5.74) is 0.383. The molecule has 0 atom stereocenters. The average Bonchev–Trinajstić information content (AvgIpc) is 2.05. The molecule has 0 heterocycles. The molecule has 0 saturated heterocycles. The van der Waals surface area contributed by atoms with Crippen molar-refractivity contribution in [3.8, 4) is 0 Å². The number of halogens is 1. The molecule has 2 radical (unpaired) electrons. The third-order valence-electron chi connectivity index (χ3n) is 1.16. The number of rotatable bonds is 1. The molecule has 0 unspecified atom stereocenters. The van der Waals surface area contributed by atoms with Gasteiger partial charge in [-0.2, -0.15) is 0 Å². The third kappa shape index (κ3) is 2.23. The van der Waals surface area contributed by atoms with Gasteiger partial charge in [0.05, 0.1) is 0 Å². The zero-order valence-corrected chi connectivity index (χ0v) is 8.93. The van der Waals surface area contributed by atoms with Gasteiger partial charge in [-0.1, -0.05) is 0 Å².